The van der Waals surface area contributed by atoms with Crippen LogP contribution in [-0.2, 0) is 4.74 Å². The van der Waals surface area contributed by atoms with Gasteiger partial charge in [-0.2, -0.15) is 0 Å². The van der Waals surface area contributed by atoms with Crippen LogP contribution in [0.3, 0.4) is 0 Å². The fraction of sp³-hybridized carbons (Fsp3) is 0.600. The first-order valence-corrected chi connectivity index (χ1v) is 6.27. The SMILES string of the molecule is COC(c1ccccc1)C(N)CCC(C)(C)C. The standard InChI is InChI=1S/C15H25NO/c1-15(2,3)11-10-13(16)14(17-4)12-8-6-5-7-9-12/h5-9,13-14H,10-11,16H2,1-4H3. The topological polar surface area (TPSA) is 35.2 Å². The lowest BCUT2D eigenvalue weighted by Crippen LogP contribution is -2.30. The van der Waals surface area contributed by atoms with Crippen molar-refractivity contribution in [2.24, 2.45) is 11.1 Å². The zero-order valence-corrected chi connectivity index (χ0v) is 11.4. The molecule has 17 heavy (non-hydrogen) atoms. The number of nitrogens with two attached hydrogens (primary N) is 1. The van der Waals surface area contributed by atoms with Gasteiger partial charge in [-0.15, -0.1) is 0 Å². The lowest BCUT2D eigenvalue weighted by atomic mass is 9.87. The second kappa shape index (κ2) is 6.18. The molecular weight excluding hydrogens is 210 g/mol. The zero-order valence-electron chi connectivity index (χ0n) is 11.4. The first-order chi connectivity index (χ1) is 7.94. The van der Waals surface area contributed by atoms with Gasteiger partial charge in [0.25, 0.3) is 0 Å². The summed E-state index contributed by atoms with van der Waals surface area (Å²) in [5, 5.41) is 0. The summed E-state index contributed by atoms with van der Waals surface area (Å²) in [6, 6.07) is 10.3. The second-order valence-corrected chi connectivity index (χ2v) is 5.83. The van der Waals surface area contributed by atoms with Crippen LogP contribution in [0.4, 0.5) is 0 Å². The van der Waals surface area contributed by atoms with Gasteiger partial charge in [0, 0.05) is 13.2 Å². The van der Waals surface area contributed by atoms with Crippen LogP contribution < -0.4 is 5.73 Å². The Morgan fingerprint density at radius 3 is 2.24 bits per heavy atom. The van der Waals surface area contributed by atoms with Crippen molar-refractivity contribution >= 4 is 0 Å². The number of rotatable bonds is 5. The normalized spacial score (nSPS) is 15.6. The molecule has 0 saturated heterocycles. The minimum absolute atomic E-state index is 0.00134. The molecule has 1 aromatic carbocycles. The number of methoxy groups -OCH3 is 1. The van der Waals surface area contributed by atoms with E-state index in [-0.39, 0.29) is 12.1 Å². The second-order valence-electron chi connectivity index (χ2n) is 5.83. The molecule has 2 heteroatoms. The third kappa shape index (κ3) is 4.88. The lowest BCUT2D eigenvalue weighted by molar-refractivity contribution is 0.0739. The Morgan fingerprint density at radius 2 is 1.76 bits per heavy atom. The van der Waals surface area contributed by atoms with Crippen molar-refractivity contribution in [2.45, 2.75) is 45.8 Å². The molecule has 2 nitrogen and oxygen atoms in total. The Balaban J connectivity index is 2.62. The Hall–Kier alpha value is -0.860. The number of hydrogen-bond donors (Lipinski definition) is 1. The van der Waals surface area contributed by atoms with E-state index in [1.807, 2.05) is 18.2 Å². The van der Waals surface area contributed by atoms with Crippen LogP contribution in [0.2, 0.25) is 0 Å². The highest BCUT2D eigenvalue weighted by atomic mass is 16.5. The van der Waals surface area contributed by atoms with Gasteiger partial charge >= 0.3 is 0 Å². The van der Waals surface area contributed by atoms with Crippen LogP contribution in [0, 0.1) is 5.41 Å². The molecule has 96 valence electrons. The van der Waals surface area contributed by atoms with E-state index in [4.69, 9.17) is 10.5 Å². The third-order valence-electron chi connectivity index (χ3n) is 3.00. The van der Waals surface area contributed by atoms with Crippen molar-refractivity contribution < 1.29 is 4.74 Å². The average molecular weight is 235 g/mol. The number of hydrogen-bond acceptors (Lipinski definition) is 2. The summed E-state index contributed by atoms with van der Waals surface area (Å²) >= 11 is 0. The lowest BCUT2D eigenvalue weighted by Gasteiger charge is -2.26. The molecule has 0 spiro atoms. The van der Waals surface area contributed by atoms with Crippen molar-refractivity contribution in [3.8, 4) is 0 Å². The molecule has 2 N–H and O–H groups in total. The van der Waals surface area contributed by atoms with Gasteiger partial charge in [-0.1, -0.05) is 51.1 Å². The predicted octanol–water partition coefficient (Wildman–Crippen LogP) is 3.53. The van der Waals surface area contributed by atoms with Gasteiger partial charge in [0.05, 0.1) is 6.10 Å². The molecule has 1 rings (SSSR count). The Labute approximate surface area is 105 Å². The Kier molecular flexibility index (Phi) is 5.16. The van der Waals surface area contributed by atoms with E-state index in [9.17, 15) is 0 Å². The van der Waals surface area contributed by atoms with Gasteiger partial charge in [0.1, 0.15) is 0 Å². The molecule has 0 fully saturated rings. The smallest absolute Gasteiger partial charge is 0.0971 e. The molecule has 0 radical (unpaired) electrons. The average Bonchev–Trinajstić information content (AvgIpc) is 2.28. The molecule has 0 bridgehead atoms. The van der Waals surface area contributed by atoms with Crippen molar-refractivity contribution in [1.29, 1.82) is 0 Å². The maximum Gasteiger partial charge on any atom is 0.0971 e. The highest BCUT2D eigenvalue weighted by Gasteiger charge is 2.21. The summed E-state index contributed by atoms with van der Waals surface area (Å²) < 4.78 is 5.54. The van der Waals surface area contributed by atoms with Crippen LogP contribution in [0.5, 0.6) is 0 Å². The molecule has 0 saturated carbocycles. The molecule has 0 aromatic heterocycles. The van der Waals surface area contributed by atoms with Crippen molar-refractivity contribution in [1.82, 2.24) is 0 Å². The molecule has 0 aliphatic carbocycles. The van der Waals surface area contributed by atoms with Crippen LogP contribution in [0.15, 0.2) is 30.3 Å². The Morgan fingerprint density at radius 1 is 1.18 bits per heavy atom. The van der Waals surface area contributed by atoms with Crippen molar-refractivity contribution in [2.75, 3.05) is 7.11 Å². The van der Waals surface area contributed by atoms with Crippen LogP contribution in [-0.4, -0.2) is 13.2 Å². The summed E-state index contributed by atoms with van der Waals surface area (Å²) in [4.78, 5) is 0. The first kappa shape index (κ1) is 14.2. The van der Waals surface area contributed by atoms with E-state index in [1.54, 1.807) is 7.11 Å². The van der Waals surface area contributed by atoms with Crippen molar-refractivity contribution in [3.05, 3.63) is 35.9 Å². The van der Waals surface area contributed by atoms with Gasteiger partial charge < -0.3 is 10.5 Å². The Bertz CT molecular complexity index is 315. The van der Waals surface area contributed by atoms with E-state index >= 15 is 0 Å². The van der Waals surface area contributed by atoms with Crippen LogP contribution in [0.1, 0.15) is 45.3 Å². The zero-order chi connectivity index (χ0) is 12.9. The molecule has 0 amide bonds. The minimum atomic E-state index is -0.00134. The highest BCUT2D eigenvalue weighted by Crippen LogP contribution is 2.27. The summed E-state index contributed by atoms with van der Waals surface area (Å²) in [5.41, 5.74) is 7.73. The molecular formula is C15H25NO. The van der Waals surface area contributed by atoms with Gasteiger partial charge in [-0.25, -0.2) is 0 Å². The predicted molar refractivity (Wildman–Crippen MR) is 72.9 cm³/mol. The van der Waals surface area contributed by atoms with Gasteiger partial charge in [-0.3, -0.25) is 0 Å². The monoisotopic (exact) mass is 235 g/mol. The van der Waals surface area contributed by atoms with E-state index in [2.05, 4.69) is 32.9 Å². The summed E-state index contributed by atoms with van der Waals surface area (Å²) in [7, 11) is 1.73. The summed E-state index contributed by atoms with van der Waals surface area (Å²) in [5.74, 6) is 0. The molecule has 0 aliphatic rings. The summed E-state index contributed by atoms with van der Waals surface area (Å²) in [6.07, 6.45) is 2.09. The van der Waals surface area contributed by atoms with Gasteiger partial charge in [0.15, 0.2) is 0 Å². The first-order valence-electron chi connectivity index (χ1n) is 6.27. The van der Waals surface area contributed by atoms with Crippen LogP contribution >= 0.6 is 0 Å². The largest absolute Gasteiger partial charge is 0.375 e. The number of benzene rings is 1. The highest BCUT2D eigenvalue weighted by molar-refractivity contribution is 5.19. The molecule has 2 unspecified atom stereocenters. The third-order valence-corrected chi connectivity index (χ3v) is 3.00. The van der Waals surface area contributed by atoms with E-state index < -0.39 is 0 Å². The van der Waals surface area contributed by atoms with E-state index in [1.165, 1.54) is 0 Å². The fourth-order valence-electron chi connectivity index (χ4n) is 1.95. The van der Waals surface area contributed by atoms with E-state index in [0.29, 0.717) is 5.41 Å². The molecule has 0 heterocycles. The fourth-order valence-corrected chi connectivity index (χ4v) is 1.95. The van der Waals surface area contributed by atoms with Gasteiger partial charge in [-0.05, 0) is 23.8 Å². The quantitative estimate of drug-likeness (QED) is 0.847. The number of ether oxygens (including phenoxy) is 1. The molecule has 2 atom stereocenters. The maximum atomic E-state index is 6.24. The molecule has 0 aliphatic heterocycles. The van der Waals surface area contributed by atoms with Crippen LogP contribution in [0.25, 0.3) is 0 Å². The van der Waals surface area contributed by atoms with Crippen molar-refractivity contribution in [3.63, 3.8) is 0 Å². The van der Waals surface area contributed by atoms with Gasteiger partial charge in [0.2, 0.25) is 0 Å². The summed E-state index contributed by atoms with van der Waals surface area (Å²) in [6.45, 7) is 6.72. The molecule has 1 aromatic rings. The maximum absolute atomic E-state index is 6.24. The van der Waals surface area contributed by atoms with E-state index in [0.717, 1.165) is 18.4 Å². The minimum Gasteiger partial charge on any atom is -0.375 e.